The Morgan fingerprint density at radius 3 is 2.27 bits per heavy atom. The molecule has 8 heteroatoms. The zero-order chi connectivity index (χ0) is 21.7. The average molecular weight is 413 g/mol. The van der Waals surface area contributed by atoms with Gasteiger partial charge in [0.15, 0.2) is 0 Å². The van der Waals surface area contributed by atoms with E-state index in [0.717, 1.165) is 24.3 Å². The summed E-state index contributed by atoms with van der Waals surface area (Å²) in [5, 5.41) is 2.57. The van der Waals surface area contributed by atoms with Crippen LogP contribution >= 0.6 is 0 Å². The summed E-state index contributed by atoms with van der Waals surface area (Å²) in [6.45, 7) is 0.780. The van der Waals surface area contributed by atoms with E-state index in [4.69, 9.17) is 5.73 Å². The van der Waals surface area contributed by atoms with Gasteiger partial charge in [0.25, 0.3) is 5.91 Å². The van der Waals surface area contributed by atoms with Crippen LogP contribution in [0.25, 0.3) is 6.08 Å². The lowest BCUT2D eigenvalue weighted by Crippen LogP contribution is -2.42. The topological polar surface area (TPSA) is 92.5 Å². The van der Waals surface area contributed by atoms with Gasteiger partial charge in [-0.15, -0.1) is 0 Å². The van der Waals surface area contributed by atoms with Gasteiger partial charge in [-0.05, 0) is 43.2 Å². The van der Waals surface area contributed by atoms with Gasteiger partial charge in [-0.25, -0.2) is 8.78 Å². The number of nitrogens with one attached hydrogen (secondary N) is 1. The lowest BCUT2D eigenvalue weighted by molar-refractivity contribution is -0.123. The highest BCUT2D eigenvalue weighted by Gasteiger charge is 2.27. The molecule has 0 saturated carbocycles. The minimum absolute atomic E-state index is 0.243. The van der Waals surface area contributed by atoms with Crippen LogP contribution < -0.4 is 11.1 Å². The number of primary amides is 1. The first kappa shape index (κ1) is 21.2. The number of amides is 3. The number of hydrogen-bond acceptors (Lipinski definition) is 3. The van der Waals surface area contributed by atoms with Crippen LogP contribution in [0.3, 0.4) is 0 Å². The van der Waals surface area contributed by atoms with Gasteiger partial charge in [-0.3, -0.25) is 14.4 Å². The van der Waals surface area contributed by atoms with Gasteiger partial charge in [-0.2, -0.15) is 0 Å². The summed E-state index contributed by atoms with van der Waals surface area (Å²) in [6.07, 6.45) is 3.03. The standard InChI is InChI=1S/C22H21F2N3O3/c23-17-5-3-6-18(24)15(17)8-9-20(28)26-19-7-2-1-4-16(19)22(30)27-12-10-14(11-13-27)21(25)29/h1-9,14H,10-13H2,(H2,25,29)(H,26,28)/b9-8+. The van der Waals surface area contributed by atoms with E-state index in [-0.39, 0.29) is 34.5 Å². The number of para-hydroxylation sites is 1. The van der Waals surface area contributed by atoms with Crippen molar-refractivity contribution in [1.82, 2.24) is 4.90 Å². The molecule has 0 radical (unpaired) electrons. The van der Waals surface area contributed by atoms with E-state index in [9.17, 15) is 23.2 Å². The maximum absolute atomic E-state index is 13.7. The van der Waals surface area contributed by atoms with E-state index in [1.165, 1.54) is 6.07 Å². The summed E-state index contributed by atoms with van der Waals surface area (Å²) in [5.41, 5.74) is 5.57. The van der Waals surface area contributed by atoms with Crippen molar-refractivity contribution in [3.8, 4) is 0 Å². The number of carbonyl (C=O) groups is 3. The van der Waals surface area contributed by atoms with Gasteiger partial charge in [0.05, 0.1) is 11.3 Å². The normalized spacial score (nSPS) is 14.7. The van der Waals surface area contributed by atoms with Crippen LogP contribution in [-0.2, 0) is 9.59 Å². The van der Waals surface area contributed by atoms with E-state index in [2.05, 4.69) is 5.32 Å². The Bertz CT molecular complexity index is 979. The fourth-order valence-electron chi connectivity index (χ4n) is 3.32. The molecule has 0 bridgehead atoms. The zero-order valence-corrected chi connectivity index (χ0v) is 16.1. The molecule has 2 aromatic rings. The minimum Gasteiger partial charge on any atom is -0.369 e. The highest BCUT2D eigenvalue weighted by molar-refractivity contribution is 6.07. The third-order valence-corrected chi connectivity index (χ3v) is 5.00. The van der Waals surface area contributed by atoms with E-state index < -0.39 is 17.5 Å². The number of piperidine rings is 1. The Morgan fingerprint density at radius 2 is 1.63 bits per heavy atom. The molecule has 1 saturated heterocycles. The molecular formula is C22H21F2N3O3. The summed E-state index contributed by atoms with van der Waals surface area (Å²) >= 11 is 0. The second-order valence-corrected chi connectivity index (χ2v) is 6.97. The van der Waals surface area contributed by atoms with Crippen LogP contribution in [0.2, 0.25) is 0 Å². The van der Waals surface area contributed by atoms with Crippen molar-refractivity contribution in [3.05, 3.63) is 71.3 Å². The molecule has 3 rings (SSSR count). The predicted molar refractivity (Wildman–Crippen MR) is 108 cm³/mol. The van der Waals surface area contributed by atoms with Crippen LogP contribution in [0.1, 0.15) is 28.8 Å². The molecule has 0 aromatic heterocycles. The maximum atomic E-state index is 13.7. The van der Waals surface area contributed by atoms with Crippen LogP contribution in [0.5, 0.6) is 0 Å². The third kappa shape index (κ3) is 4.89. The van der Waals surface area contributed by atoms with E-state index in [0.29, 0.717) is 25.9 Å². The van der Waals surface area contributed by atoms with E-state index in [1.807, 2.05) is 0 Å². The van der Waals surface area contributed by atoms with Crippen molar-refractivity contribution < 1.29 is 23.2 Å². The van der Waals surface area contributed by atoms with Crippen molar-refractivity contribution >= 4 is 29.5 Å². The molecule has 3 amide bonds. The largest absolute Gasteiger partial charge is 0.369 e. The number of rotatable bonds is 5. The number of hydrogen-bond donors (Lipinski definition) is 2. The predicted octanol–water partition coefficient (Wildman–Crippen LogP) is 2.95. The minimum atomic E-state index is -0.783. The highest BCUT2D eigenvalue weighted by atomic mass is 19.1. The highest BCUT2D eigenvalue weighted by Crippen LogP contribution is 2.22. The number of benzene rings is 2. The van der Waals surface area contributed by atoms with Crippen LogP contribution in [-0.4, -0.2) is 35.7 Å². The Morgan fingerprint density at radius 1 is 1.00 bits per heavy atom. The van der Waals surface area contributed by atoms with Gasteiger partial charge in [-0.1, -0.05) is 18.2 Å². The molecule has 156 valence electrons. The summed E-state index contributed by atoms with van der Waals surface area (Å²) in [4.78, 5) is 38.1. The monoisotopic (exact) mass is 413 g/mol. The third-order valence-electron chi connectivity index (χ3n) is 5.00. The Labute approximate surface area is 172 Å². The first-order valence-corrected chi connectivity index (χ1v) is 9.47. The lowest BCUT2D eigenvalue weighted by atomic mass is 9.95. The smallest absolute Gasteiger partial charge is 0.255 e. The number of halogens is 2. The number of anilines is 1. The fraction of sp³-hybridized carbons (Fsp3) is 0.227. The number of carbonyl (C=O) groups excluding carboxylic acids is 3. The molecule has 3 N–H and O–H groups in total. The molecule has 0 spiro atoms. The maximum Gasteiger partial charge on any atom is 0.255 e. The summed E-state index contributed by atoms with van der Waals surface area (Å²) in [6, 6.07) is 9.90. The van der Waals surface area contributed by atoms with E-state index in [1.54, 1.807) is 29.2 Å². The molecule has 0 atom stereocenters. The van der Waals surface area contributed by atoms with Gasteiger partial charge in [0.2, 0.25) is 11.8 Å². The van der Waals surface area contributed by atoms with Crippen molar-refractivity contribution in [2.75, 3.05) is 18.4 Å². The number of nitrogens with two attached hydrogens (primary N) is 1. The average Bonchev–Trinajstić information content (AvgIpc) is 2.73. The molecule has 30 heavy (non-hydrogen) atoms. The van der Waals surface area contributed by atoms with Crippen LogP contribution in [0, 0.1) is 17.6 Å². The Balaban J connectivity index is 1.71. The molecule has 0 unspecified atom stereocenters. The van der Waals surface area contributed by atoms with Gasteiger partial charge in [0.1, 0.15) is 11.6 Å². The number of nitrogens with zero attached hydrogens (tertiary/aromatic N) is 1. The van der Waals surface area contributed by atoms with Gasteiger partial charge in [0, 0.05) is 30.6 Å². The zero-order valence-electron chi connectivity index (χ0n) is 16.1. The molecule has 1 aliphatic rings. The summed E-state index contributed by atoms with van der Waals surface area (Å²) < 4.78 is 27.4. The molecule has 2 aromatic carbocycles. The van der Waals surface area contributed by atoms with Gasteiger partial charge >= 0.3 is 0 Å². The first-order valence-electron chi connectivity index (χ1n) is 9.47. The molecule has 1 aliphatic heterocycles. The van der Waals surface area contributed by atoms with Crippen molar-refractivity contribution in [2.45, 2.75) is 12.8 Å². The van der Waals surface area contributed by atoms with Crippen molar-refractivity contribution in [2.24, 2.45) is 11.7 Å². The van der Waals surface area contributed by atoms with Crippen LogP contribution in [0.4, 0.5) is 14.5 Å². The molecule has 1 fully saturated rings. The first-order chi connectivity index (χ1) is 14.4. The van der Waals surface area contributed by atoms with Gasteiger partial charge < -0.3 is 16.0 Å². The second kappa shape index (κ2) is 9.30. The summed E-state index contributed by atoms with van der Waals surface area (Å²) in [5.74, 6) is -3.09. The quantitative estimate of drug-likeness (QED) is 0.738. The Hall–Kier alpha value is -3.55. The second-order valence-electron chi connectivity index (χ2n) is 6.97. The molecule has 1 heterocycles. The van der Waals surface area contributed by atoms with Crippen molar-refractivity contribution in [1.29, 1.82) is 0 Å². The number of likely N-dealkylation sites (tertiary alicyclic amines) is 1. The van der Waals surface area contributed by atoms with E-state index >= 15 is 0 Å². The summed E-state index contributed by atoms with van der Waals surface area (Å²) in [7, 11) is 0. The lowest BCUT2D eigenvalue weighted by Gasteiger charge is -2.31. The molecule has 0 aliphatic carbocycles. The molecular weight excluding hydrogens is 392 g/mol. The Kier molecular flexibility index (Phi) is 6.56. The van der Waals surface area contributed by atoms with Crippen LogP contribution in [0.15, 0.2) is 48.5 Å². The SMILES string of the molecule is NC(=O)C1CCN(C(=O)c2ccccc2NC(=O)/C=C/c2c(F)cccc2F)CC1. The fourth-order valence-corrected chi connectivity index (χ4v) is 3.32. The van der Waals surface area contributed by atoms with Crippen molar-refractivity contribution in [3.63, 3.8) is 0 Å². The molecule has 6 nitrogen and oxygen atoms in total.